The molecule has 0 aliphatic carbocycles. The van der Waals surface area contributed by atoms with Crippen molar-refractivity contribution in [1.29, 1.82) is 0 Å². The van der Waals surface area contributed by atoms with Gasteiger partial charge in [-0.1, -0.05) is 42.5 Å². The highest BCUT2D eigenvalue weighted by Gasteiger charge is 2.33. The molecule has 0 N–H and O–H groups in total. The van der Waals surface area contributed by atoms with Crippen LogP contribution in [0.5, 0.6) is 5.75 Å². The Balaban J connectivity index is 1.93. The van der Waals surface area contributed by atoms with Gasteiger partial charge in [0.05, 0.1) is 14.2 Å². The van der Waals surface area contributed by atoms with Gasteiger partial charge >= 0.3 is 5.97 Å². The minimum atomic E-state index is -0.400. The van der Waals surface area contributed by atoms with Crippen molar-refractivity contribution in [2.75, 3.05) is 14.2 Å². The molecule has 2 aromatic carbocycles. The fraction of sp³-hybridized carbons (Fsp3) is 0.278. The van der Waals surface area contributed by atoms with E-state index in [2.05, 4.69) is 11.0 Å². The fourth-order valence-electron chi connectivity index (χ4n) is 3.03. The number of nitrogens with zero attached hydrogens (tertiary/aromatic N) is 1. The van der Waals surface area contributed by atoms with Crippen LogP contribution in [0, 0.1) is 0 Å². The highest BCUT2D eigenvalue weighted by atomic mass is 16.5. The summed E-state index contributed by atoms with van der Waals surface area (Å²) in [4.78, 5) is 14.4. The third-order valence-electron chi connectivity index (χ3n) is 4.09. The molecule has 1 atom stereocenters. The van der Waals surface area contributed by atoms with Gasteiger partial charge in [0.25, 0.3) is 0 Å². The Kier molecular flexibility index (Phi) is 4.11. The summed E-state index contributed by atoms with van der Waals surface area (Å²) in [5.74, 6) is 0.634. The lowest BCUT2D eigenvalue weighted by atomic mass is 10.1. The first kappa shape index (κ1) is 14.6. The van der Waals surface area contributed by atoms with E-state index in [-0.39, 0.29) is 5.97 Å². The van der Waals surface area contributed by atoms with Gasteiger partial charge in [-0.3, -0.25) is 4.90 Å². The Morgan fingerprint density at radius 3 is 2.50 bits per heavy atom. The normalized spacial score (nSPS) is 15.2. The van der Waals surface area contributed by atoms with Crippen LogP contribution in [0.1, 0.15) is 22.7 Å². The van der Waals surface area contributed by atoms with Gasteiger partial charge < -0.3 is 9.47 Å². The maximum Gasteiger partial charge on any atom is 0.327 e. The standard InChI is InChI=1S/C18H19NO3/c1-21-16-10-6-9-14-11-19(12-15(14)16)17(18(20)22-2)13-7-4-3-5-8-13/h3-10,17H,11-12H2,1-2H3/t17-/m0/s1. The van der Waals surface area contributed by atoms with E-state index in [4.69, 9.17) is 9.47 Å². The van der Waals surface area contributed by atoms with Crippen LogP contribution in [0.4, 0.5) is 0 Å². The molecule has 1 heterocycles. The Morgan fingerprint density at radius 1 is 1.05 bits per heavy atom. The topological polar surface area (TPSA) is 38.8 Å². The fourth-order valence-corrected chi connectivity index (χ4v) is 3.03. The summed E-state index contributed by atoms with van der Waals surface area (Å²) in [6, 6.07) is 15.4. The van der Waals surface area contributed by atoms with Crippen molar-refractivity contribution in [3.05, 3.63) is 65.2 Å². The Hall–Kier alpha value is -2.33. The maximum absolute atomic E-state index is 12.3. The summed E-state index contributed by atoms with van der Waals surface area (Å²) >= 11 is 0. The first-order chi connectivity index (χ1) is 10.7. The average Bonchev–Trinajstić information content (AvgIpc) is 2.99. The number of hydrogen-bond donors (Lipinski definition) is 0. The van der Waals surface area contributed by atoms with Gasteiger partial charge in [0.1, 0.15) is 11.8 Å². The molecule has 0 radical (unpaired) electrons. The van der Waals surface area contributed by atoms with Gasteiger partial charge in [-0.05, 0) is 17.2 Å². The molecule has 3 rings (SSSR count). The van der Waals surface area contributed by atoms with Gasteiger partial charge in [-0.15, -0.1) is 0 Å². The number of rotatable bonds is 4. The number of benzene rings is 2. The van der Waals surface area contributed by atoms with E-state index in [1.807, 2.05) is 42.5 Å². The second kappa shape index (κ2) is 6.20. The first-order valence-electron chi connectivity index (χ1n) is 7.26. The SMILES string of the molecule is COC(=O)[C@H](c1ccccc1)N1Cc2cccc(OC)c2C1. The quantitative estimate of drug-likeness (QED) is 0.813. The minimum absolute atomic E-state index is 0.238. The molecule has 2 aromatic rings. The van der Waals surface area contributed by atoms with E-state index < -0.39 is 6.04 Å². The van der Waals surface area contributed by atoms with Gasteiger partial charge in [-0.25, -0.2) is 4.79 Å². The summed E-state index contributed by atoms with van der Waals surface area (Å²) in [6.45, 7) is 1.38. The molecule has 0 aromatic heterocycles. The summed E-state index contributed by atoms with van der Waals surface area (Å²) < 4.78 is 10.5. The lowest BCUT2D eigenvalue weighted by Crippen LogP contribution is -2.31. The van der Waals surface area contributed by atoms with Crippen molar-refractivity contribution < 1.29 is 14.3 Å². The molecule has 0 bridgehead atoms. The van der Waals surface area contributed by atoms with Crippen molar-refractivity contribution in [1.82, 2.24) is 4.90 Å². The van der Waals surface area contributed by atoms with Crippen molar-refractivity contribution in [2.45, 2.75) is 19.1 Å². The summed E-state index contributed by atoms with van der Waals surface area (Å²) in [7, 11) is 3.11. The molecule has 0 amide bonds. The Bertz CT molecular complexity index is 669. The second-order valence-electron chi connectivity index (χ2n) is 5.34. The lowest BCUT2D eigenvalue weighted by Gasteiger charge is -2.25. The molecule has 4 nitrogen and oxygen atoms in total. The van der Waals surface area contributed by atoms with Crippen LogP contribution in [0.3, 0.4) is 0 Å². The van der Waals surface area contributed by atoms with Gasteiger partial charge in [-0.2, -0.15) is 0 Å². The average molecular weight is 297 g/mol. The Labute approximate surface area is 130 Å². The van der Waals surface area contributed by atoms with Crippen LogP contribution in [-0.4, -0.2) is 25.1 Å². The monoisotopic (exact) mass is 297 g/mol. The lowest BCUT2D eigenvalue weighted by molar-refractivity contribution is -0.147. The number of carbonyl (C=O) groups is 1. The largest absolute Gasteiger partial charge is 0.496 e. The van der Waals surface area contributed by atoms with E-state index in [0.717, 1.165) is 16.9 Å². The number of hydrogen-bond acceptors (Lipinski definition) is 4. The molecule has 0 fully saturated rings. The molecule has 114 valence electrons. The van der Waals surface area contributed by atoms with E-state index in [9.17, 15) is 4.79 Å². The highest BCUT2D eigenvalue weighted by Crippen LogP contribution is 2.36. The van der Waals surface area contributed by atoms with Crippen LogP contribution < -0.4 is 4.74 Å². The van der Waals surface area contributed by atoms with Crippen LogP contribution >= 0.6 is 0 Å². The number of methoxy groups -OCH3 is 2. The molecular weight excluding hydrogens is 278 g/mol. The molecule has 0 spiro atoms. The van der Waals surface area contributed by atoms with E-state index in [0.29, 0.717) is 13.1 Å². The van der Waals surface area contributed by atoms with Gasteiger partial charge in [0.2, 0.25) is 0 Å². The zero-order valence-electron chi connectivity index (χ0n) is 12.8. The zero-order valence-corrected chi connectivity index (χ0v) is 12.8. The van der Waals surface area contributed by atoms with Gasteiger partial charge in [0.15, 0.2) is 0 Å². The highest BCUT2D eigenvalue weighted by molar-refractivity contribution is 5.77. The molecular formula is C18H19NO3. The zero-order chi connectivity index (χ0) is 15.5. The molecule has 22 heavy (non-hydrogen) atoms. The molecule has 0 saturated carbocycles. The van der Waals surface area contributed by atoms with Crippen LogP contribution in [0.15, 0.2) is 48.5 Å². The van der Waals surface area contributed by atoms with Crippen molar-refractivity contribution >= 4 is 5.97 Å². The first-order valence-corrected chi connectivity index (χ1v) is 7.26. The molecule has 4 heteroatoms. The summed E-state index contributed by atoms with van der Waals surface area (Å²) in [5.41, 5.74) is 3.29. The molecule has 0 unspecified atom stereocenters. The predicted molar refractivity (Wildman–Crippen MR) is 83.4 cm³/mol. The third-order valence-corrected chi connectivity index (χ3v) is 4.09. The number of fused-ring (bicyclic) bond motifs is 1. The van der Waals surface area contributed by atoms with Crippen LogP contribution in [-0.2, 0) is 22.6 Å². The van der Waals surface area contributed by atoms with E-state index in [1.165, 1.54) is 12.7 Å². The number of ether oxygens (including phenoxy) is 2. The summed E-state index contributed by atoms with van der Waals surface area (Å²) in [6.07, 6.45) is 0. The van der Waals surface area contributed by atoms with E-state index in [1.54, 1.807) is 7.11 Å². The van der Waals surface area contributed by atoms with E-state index >= 15 is 0 Å². The second-order valence-corrected chi connectivity index (χ2v) is 5.34. The maximum atomic E-state index is 12.3. The summed E-state index contributed by atoms with van der Waals surface area (Å²) in [5, 5.41) is 0. The number of carbonyl (C=O) groups excluding carboxylic acids is 1. The van der Waals surface area contributed by atoms with Crippen molar-refractivity contribution in [2.24, 2.45) is 0 Å². The smallest absolute Gasteiger partial charge is 0.327 e. The third kappa shape index (κ3) is 2.57. The van der Waals surface area contributed by atoms with Crippen molar-refractivity contribution in [3.8, 4) is 5.75 Å². The predicted octanol–water partition coefficient (Wildman–Crippen LogP) is 2.93. The minimum Gasteiger partial charge on any atom is -0.496 e. The molecule has 1 aliphatic rings. The number of esters is 1. The molecule has 1 aliphatic heterocycles. The van der Waals surface area contributed by atoms with Crippen LogP contribution in [0.2, 0.25) is 0 Å². The molecule has 0 saturated heterocycles. The Morgan fingerprint density at radius 2 is 1.82 bits per heavy atom. The van der Waals surface area contributed by atoms with Gasteiger partial charge in [0, 0.05) is 18.7 Å². The van der Waals surface area contributed by atoms with Crippen molar-refractivity contribution in [3.63, 3.8) is 0 Å². The van der Waals surface area contributed by atoms with Crippen LogP contribution in [0.25, 0.3) is 0 Å².